The molecule has 0 radical (unpaired) electrons. The van der Waals surface area contributed by atoms with Gasteiger partial charge in [0.25, 0.3) is 0 Å². The summed E-state index contributed by atoms with van der Waals surface area (Å²) in [5, 5.41) is 0. The number of hydrogen-bond acceptors (Lipinski definition) is 4. The number of rotatable bonds is 8. The summed E-state index contributed by atoms with van der Waals surface area (Å²) >= 11 is 0. The van der Waals surface area contributed by atoms with Gasteiger partial charge in [-0.2, -0.15) is 0 Å². The van der Waals surface area contributed by atoms with Crippen LogP contribution in [0.5, 0.6) is 0 Å². The minimum absolute atomic E-state index is 0.0573. The third-order valence-electron chi connectivity index (χ3n) is 6.58. The van der Waals surface area contributed by atoms with Gasteiger partial charge >= 0.3 is 17.8 Å². The molecule has 32 heavy (non-hydrogen) atoms. The predicted molar refractivity (Wildman–Crippen MR) is 117 cm³/mol. The van der Waals surface area contributed by atoms with Crippen LogP contribution in [0.1, 0.15) is 57.6 Å². The summed E-state index contributed by atoms with van der Waals surface area (Å²) in [7, 11) is 0. The van der Waals surface area contributed by atoms with E-state index < -0.39 is 30.3 Å². The summed E-state index contributed by atoms with van der Waals surface area (Å²) in [5.74, 6) is -2.11. The van der Waals surface area contributed by atoms with Crippen molar-refractivity contribution < 1.29 is 23.6 Å². The van der Waals surface area contributed by atoms with E-state index in [4.69, 9.17) is 0 Å². The van der Waals surface area contributed by atoms with Crippen LogP contribution in [-0.2, 0) is 14.4 Å². The molecule has 172 valence electrons. The molecule has 8 heteroatoms. The zero-order valence-corrected chi connectivity index (χ0v) is 18.6. The van der Waals surface area contributed by atoms with Gasteiger partial charge in [-0.1, -0.05) is 31.6 Å². The van der Waals surface area contributed by atoms with Gasteiger partial charge in [0.2, 0.25) is 5.91 Å². The van der Waals surface area contributed by atoms with Crippen molar-refractivity contribution in [3.05, 3.63) is 48.3 Å². The van der Waals surface area contributed by atoms with Gasteiger partial charge in [0.05, 0.1) is 6.04 Å². The van der Waals surface area contributed by atoms with Crippen molar-refractivity contribution in [2.75, 3.05) is 13.1 Å². The molecule has 0 bridgehead atoms. The van der Waals surface area contributed by atoms with Crippen molar-refractivity contribution in [2.24, 2.45) is 5.92 Å². The lowest BCUT2D eigenvalue weighted by Gasteiger charge is -2.41. The van der Waals surface area contributed by atoms with Gasteiger partial charge in [0.15, 0.2) is 0 Å². The summed E-state index contributed by atoms with van der Waals surface area (Å²) in [6.45, 7) is 6.91. The Morgan fingerprint density at radius 2 is 1.72 bits per heavy atom. The molecule has 0 spiro atoms. The lowest BCUT2D eigenvalue weighted by molar-refractivity contribution is -0.146. The maximum absolute atomic E-state index is 13.4. The number of nitrogens with zero attached hydrogens (tertiary/aromatic N) is 3. The van der Waals surface area contributed by atoms with Crippen LogP contribution >= 0.6 is 0 Å². The van der Waals surface area contributed by atoms with Crippen molar-refractivity contribution in [3.63, 3.8) is 0 Å². The molecule has 7 nitrogen and oxygen atoms in total. The average molecular weight is 444 g/mol. The molecule has 1 aliphatic carbocycles. The van der Waals surface area contributed by atoms with E-state index in [1.807, 2.05) is 6.92 Å². The van der Waals surface area contributed by atoms with E-state index in [1.165, 1.54) is 18.2 Å². The second-order valence-corrected chi connectivity index (χ2v) is 8.49. The van der Waals surface area contributed by atoms with Crippen LogP contribution in [0.4, 0.5) is 9.18 Å². The summed E-state index contributed by atoms with van der Waals surface area (Å²) in [6.07, 6.45) is 6.07. The molecule has 1 saturated heterocycles. The summed E-state index contributed by atoms with van der Waals surface area (Å²) < 4.78 is 13.4. The monoisotopic (exact) mass is 443 g/mol. The molecule has 1 saturated carbocycles. The van der Waals surface area contributed by atoms with E-state index >= 15 is 0 Å². The van der Waals surface area contributed by atoms with E-state index in [2.05, 4.69) is 13.5 Å². The molecular weight excluding hydrogens is 413 g/mol. The third-order valence-corrected chi connectivity index (χ3v) is 6.58. The van der Waals surface area contributed by atoms with Crippen LogP contribution in [-0.4, -0.2) is 57.6 Å². The third kappa shape index (κ3) is 4.74. The molecule has 1 unspecified atom stereocenters. The highest BCUT2D eigenvalue weighted by Crippen LogP contribution is 2.34. The zero-order chi connectivity index (χ0) is 23.4. The van der Waals surface area contributed by atoms with E-state index in [0.29, 0.717) is 10.8 Å². The number of imide groups is 2. The molecule has 5 amide bonds. The Morgan fingerprint density at radius 1 is 1.12 bits per heavy atom. The van der Waals surface area contributed by atoms with Crippen molar-refractivity contribution in [1.82, 2.24) is 14.7 Å². The molecule has 2 fully saturated rings. The lowest BCUT2D eigenvalue weighted by Crippen LogP contribution is -2.49. The van der Waals surface area contributed by atoms with Gasteiger partial charge in [-0.05, 0) is 56.2 Å². The van der Waals surface area contributed by atoms with Gasteiger partial charge < -0.3 is 4.90 Å². The Balaban J connectivity index is 1.84. The normalized spacial score (nSPS) is 22.3. The van der Waals surface area contributed by atoms with Crippen molar-refractivity contribution in [1.29, 1.82) is 0 Å². The SMILES string of the molecule is C=CCN1C(=O)C(=O)N(CC(=O)N(C2CCC(CC)CC2)C(C)c2ccc(F)cc2)C1=O. The maximum atomic E-state index is 13.4. The first-order chi connectivity index (χ1) is 15.3. The van der Waals surface area contributed by atoms with Gasteiger partial charge in [-0.25, -0.2) is 14.1 Å². The largest absolute Gasteiger partial charge is 0.335 e. The van der Waals surface area contributed by atoms with Gasteiger partial charge in [-0.3, -0.25) is 19.3 Å². The van der Waals surface area contributed by atoms with Gasteiger partial charge in [0, 0.05) is 12.6 Å². The fourth-order valence-electron chi connectivity index (χ4n) is 4.67. The molecule has 1 aromatic carbocycles. The number of carbonyl (C=O) groups is 4. The van der Waals surface area contributed by atoms with E-state index in [0.717, 1.165) is 42.6 Å². The van der Waals surface area contributed by atoms with Crippen LogP contribution in [0.3, 0.4) is 0 Å². The van der Waals surface area contributed by atoms with Crippen molar-refractivity contribution in [2.45, 2.75) is 58.0 Å². The fourth-order valence-corrected chi connectivity index (χ4v) is 4.67. The number of carbonyl (C=O) groups excluding carboxylic acids is 4. The van der Waals surface area contributed by atoms with Crippen LogP contribution in [0, 0.1) is 11.7 Å². The summed E-state index contributed by atoms with van der Waals surface area (Å²) in [5.41, 5.74) is 0.765. The van der Waals surface area contributed by atoms with E-state index in [-0.39, 0.29) is 24.4 Å². The number of hydrogen-bond donors (Lipinski definition) is 0. The fraction of sp³-hybridized carbons (Fsp3) is 0.500. The lowest BCUT2D eigenvalue weighted by atomic mass is 9.83. The Hall–Kier alpha value is -3.03. The van der Waals surface area contributed by atoms with Crippen LogP contribution in [0.15, 0.2) is 36.9 Å². The first kappa shape index (κ1) is 23.6. The second-order valence-electron chi connectivity index (χ2n) is 8.49. The Labute approximate surface area is 187 Å². The molecule has 2 aliphatic rings. The van der Waals surface area contributed by atoms with E-state index in [9.17, 15) is 23.6 Å². The van der Waals surface area contributed by atoms with E-state index in [1.54, 1.807) is 17.0 Å². The first-order valence-electron chi connectivity index (χ1n) is 11.1. The number of benzene rings is 1. The second kappa shape index (κ2) is 10.1. The van der Waals surface area contributed by atoms with Crippen LogP contribution in [0.25, 0.3) is 0 Å². The Bertz CT molecular complexity index is 893. The molecule has 3 rings (SSSR count). The molecule has 1 heterocycles. The quantitative estimate of drug-likeness (QED) is 0.349. The minimum atomic E-state index is -1.01. The highest BCUT2D eigenvalue weighted by molar-refractivity contribution is 6.45. The average Bonchev–Trinajstić information content (AvgIpc) is 2.98. The molecule has 1 atom stereocenters. The molecule has 1 aliphatic heterocycles. The predicted octanol–water partition coefficient (Wildman–Crippen LogP) is 3.66. The number of urea groups is 1. The maximum Gasteiger partial charge on any atom is 0.335 e. The van der Waals surface area contributed by atoms with Gasteiger partial charge in [-0.15, -0.1) is 6.58 Å². The van der Waals surface area contributed by atoms with Crippen molar-refractivity contribution >= 4 is 23.8 Å². The van der Waals surface area contributed by atoms with Crippen LogP contribution < -0.4 is 0 Å². The van der Waals surface area contributed by atoms with Crippen LogP contribution in [0.2, 0.25) is 0 Å². The smallest absolute Gasteiger partial charge is 0.331 e. The Morgan fingerprint density at radius 3 is 2.28 bits per heavy atom. The van der Waals surface area contributed by atoms with Gasteiger partial charge in [0.1, 0.15) is 12.4 Å². The number of halogens is 1. The highest BCUT2D eigenvalue weighted by atomic mass is 19.1. The van der Waals surface area contributed by atoms with Crippen molar-refractivity contribution in [3.8, 4) is 0 Å². The minimum Gasteiger partial charge on any atom is -0.331 e. The summed E-state index contributed by atoms with van der Waals surface area (Å²) in [6, 6.07) is 4.73. The molecule has 0 aromatic heterocycles. The number of amides is 5. The molecule has 0 N–H and O–H groups in total. The highest BCUT2D eigenvalue weighted by Gasteiger charge is 2.45. The standard InChI is InChI=1S/C24H30FN3O4/c1-4-14-26-22(30)23(31)27(24(26)32)15-21(29)28(20-12-6-17(5-2)7-13-20)16(3)18-8-10-19(25)11-9-18/h4,8-11,16-17,20H,1,5-7,12-15H2,2-3H3. The topological polar surface area (TPSA) is 78.0 Å². The Kier molecular flexibility index (Phi) is 7.43. The molecular formula is C24H30FN3O4. The zero-order valence-electron chi connectivity index (χ0n) is 18.6. The first-order valence-corrected chi connectivity index (χ1v) is 11.1. The summed E-state index contributed by atoms with van der Waals surface area (Å²) in [4.78, 5) is 53.7. The molecule has 1 aromatic rings.